The van der Waals surface area contributed by atoms with Crippen LogP contribution in [0.4, 0.5) is 0 Å². The van der Waals surface area contributed by atoms with Crippen molar-refractivity contribution < 1.29 is 18.1 Å². The van der Waals surface area contributed by atoms with E-state index < -0.39 is 22.6 Å². The molecule has 0 amide bonds. The Labute approximate surface area is 165 Å². The van der Waals surface area contributed by atoms with Crippen LogP contribution in [0.2, 0.25) is 22.7 Å². The summed E-state index contributed by atoms with van der Waals surface area (Å²) in [5.41, 5.74) is 0.396. The van der Waals surface area contributed by atoms with E-state index in [9.17, 15) is 4.79 Å². The van der Waals surface area contributed by atoms with Crippen molar-refractivity contribution >= 4 is 23.6 Å². The summed E-state index contributed by atoms with van der Waals surface area (Å²) in [6, 6.07) is 2.03. The molecule has 0 heterocycles. The second-order valence-electron chi connectivity index (χ2n) is 8.64. The van der Waals surface area contributed by atoms with Crippen molar-refractivity contribution in [2.45, 2.75) is 98.3 Å². The highest BCUT2D eigenvalue weighted by Crippen LogP contribution is 2.42. The highest BCUT2D eigenvalue weighted by atomic mass is 28.4. The molecule has 0 aliphatic carbocycles. The molecule has 0 aliphatic rings. The standard InChI is InChI=1S/C20H43O4Si2/c1-11-20(10,25(22-12-2)23-13-3)19(21)24-26(18(8)9,14-16(4)5)15-17(6)7/h16-18H,11-15H2,1-10H3. The van der Waals surface area contributed by atoms with Crippen molar-refractivity contribution in [3.05, 3.63) is 0 Å². The molecule has 0 N–H and O–H groups in total. The lowest BCUT2D eigenvalue weighted by atomic mass is 10.1. The second-order valence-corrected chi connectivity index (χ2v) is 15.2. The van der Waals surface area contributed by atoms with Crippen molar-refractivity contribution in [3.63, 3.8) is 0 Å². The summed E-state index contributed by atoms with van der Waals surface area (Å²) in [6.07, 6.45) is 0.673. The fourth-order valence-corrected chi connectivity index (χ4v) is 10.2. The van der Waals surface area contributed by atoms with Gasteiger partial charge in [-0.2, -0.15) is 0 Å². The van der Waals surface area contributed by atoms with Gasteiger partial charge in [-0.1, -0.05) is 48.5 Å². The van der Waals surface area contributed by atoms with Gasteiger partial charge in [0, 0.05) is 13.2 Å². The van der Waals surface area contributed by atoms with E-state index in [2.05, 4.69) is 41.5 Å². The third-order valence-electron chi connectivity index (χ3n) is 5.01. The van der Waals surface area contributed by atoms with Crippen LogP contribution in [-0.2, 0) is 18.1 Å². The van der Waals surface area contributed by atoms with Crippen molar-refractivity contribution in [2.75, 3.05) is 13.2 Å². The Balaban J connectivity index is 5.78. The van der Waals surface area contributed by atoms with Gasteiger partial charge >= 0.3 is 9.28 Å². The Bertz CT molecular complexity index is 397. The molecule has 0 spiro atoms. The van der Waals surface area contributed by atoms with Crippen LogP contribution < -0.4 is 0 Å². The lowest BCUT2D eigenvalue weighted by molar-refractivity contribution is -0.139. The molecule has 1 radical (unpaired) electrons. The van der Waals surface area contributed by atoms with Gasteiger partial charge in [0.05, 0.1) is 0 Å². The van der Waals surface area contributed by atoms with Gasteiger partial charge in [0.15, 0.2) is 0 Å². The van der Waals surface area contributed by atoms with E-state index in [0.29, 0.717) is 37.0 Å². The van der Waals surface area contributed by atoms with Crippen LogP contribution in [0.5, 0.6) is 0 Å². The van der Waals surface area contributed by atoms with Crippen LogP contribution in [-0.4, -0.2) is 36.8 Å². The minimum atomic E-state index is -2.22. The van der Waals surface area contributed by atoms with Crippen LogP contribution >= 0.6 is 0 Å². The maximum Gasteiger partial charge on any atom is 0.402 e. The Morgan fingerprint density at radius 2 is 1.35 bits per heavy atom. The van der Waals surface area contributed by atoms with Crippen molar-refractivity contribution in [2.24, 2.45) is 11.8 Å². The van der Waals surface area contributed by atoms with Crippen LogP contribution in [0.25, 0.3) is 0 Å². The average molecular weight is 404 g/mol. The van der Waals surface area contributed by atoms with Gasteiger partial charge in [0.25, 0.3) is 14.3 Å². The molecular formula is C20H43O4Si2. The largest absolute Gasteiger partial charge is 0.518 e. The fourth-order valence-electron chi connectivity index (χ4n) is 3.43. The summed E-state index contributed by atoms with van der Waals surface area (Å²) < 4.78 is 18.3. The number of hydrogen-bond donors (Lipinski definition) is 0. The molecule has 0 aromatic carbocycles. The molecule has 4 nitrogen and oxygen atoms in total. The van der Waals surface area contributed by atoms with Crippen molar-refractivity contribution in [1.82, 2.24) is 0 Å². The molecule has 0 bridgehead atoms. The predicted octanol–water partition coefficient (Wildman–Crippen LogP) is 5.93. The molecule has 1 unspecified atom stereocenters. The molecule has 0 saturated heterocycles. The molecule has 0 aliphatic heterocycles. The zero-order valence-corrected chi connectivity index (χ0v) is 20.9. The Morgan fingerprint density at radius 3 is 1.62 bits per heavy atom. The molecule has 0 fully saturated rings. The third kappa shape index (κ3) is 7.09. The van der Waals surface area contributed by atoms with Gasteiger partial charge in [0.1, 0.15) is 5.04 Å². The second kappa shape index (κ2) is 11.6. The number of hydrogen-bond acceptors (Lipinski definition) is 4. The summed E-state index contributed by atoms with van der Waals surface area (Å²) >= 11 is 0. The van der Waals surface area contributed by atoms with Crippen LogP contribution in [0.3, 0.4) is 0 Å². The van der Waals surface area contributed by atoms with Gasteiger partial charge in [-0.05, 0) is 56.7 Å². The van der Waals surface area contributed by atoms with Gasteiger partial charge in [-0.25, -0.2) is 0 Å². The zero-order chi connectivity index (χ0) is 20.5. The summed E-state index contributed by atoms with van der Waals surface area (Å²) in [5.74, 6) is 0.941. The lowest BCUT2D eigenvalue weighted by Gasteiger charge is -2.41. The molecule has 1 atom stereocenters. The zero-order valence-electron chi connectivity index (χ0n) is 18.9. The Hall–Kier alpha value is -0.176. The van der Waals surface area contributed by atoms with Gasteiger partial charge < -0.3 is 13.3 Å². The fraction of sp³-hybridized carbons (Fsp3) is 0.950. The smallest absolute Gasteiger partial charge is 0.402 e. The molecular weight excluding hydrogens is 360 g/mol. The Kier molecular flexibility index (Phi) is 11.5. The normalized spacial score (nSPS) is 15.2. The summed E-state index contributed by atoms with van der Waals surface area (Å²) in [6.45, 7) is 22.4. The van der Waals surface area contributed by atoms with Crippen molar-refractivity contribution in [3.8, 4) is 0 Å². The summed E-state index contributed by atoms with van der Waals surface area (Å²) in [4.78, 5) is 13.4. The predicted molar refractivity (Wildman–Crippen MR) is 114 cm³/mol. The first-order chi connectivity index (χ1) is 12.0. The molecule has 0 aromatic heterocycles. The van der Waals surface area contributed by atoms with Gasteiger partial charge in [0.2, 0.25) is 0 Å². The number of rotatable bonds is 13. The minimum absolute atomic E-state index is 0.0996. The van der Waals surface area contributed by atoms with Crippen LogP contribution in [0.15, 0.2) is 0 Å². The van der Waals surface area contributed by atoms with E-state index in [1.54, 1.807) is 0 Å². The molecule has 0 aromatic rings. The van der Waals surface area contributed by atoms with E-state index in [1.807, 2.05) is 27.7 Å². The SMILES string of the molecule is CCO[Si](OCC)C(C)(CC)C(=O)O[Si](CC(C)C)(CC(C)C)C(C)C. The molecule has 6 heteroatoms. The highest BCUT2D eigenvalue weighted by molar-refractivity contribution is 6.77. The third-order valence-corrected chi connectivity index (χ3v) is 13.3. The molecule has 26 heavy (non-hydrogen) atoms. The maximum atomic E-state index is 13.4. The quantitative estimate of drug-likeness (QED) is 0.358. The van der Waals surface area contributed by atoms with E-state index in [1.165, 1.54) is 0 Å². The van der Waals surface area contributed by atoms with E-state index in [0.717, 1.165) is 12.1 Å². The molecule has 0 rings (SSSR count). The first-order valence-corrected chi connectivity index (χ1v) is 14.1. The van der Waals surface area contributed by atoms with Crippen molar-refractivity contribution in [1.29, 1.82) is 0 Å². The topological polar surface area (TPSA) is 44.8 Å². The average Bonchev–Trinajstić information content (AvgIpc) is 2.52. The van der Waals surface area contributed by atoms with Gasteiger partial charge in [-0.15, -0.1) is 0 Å². The van der Waals surface area contributed by atoms with E-state index in [4.69, 9.17) is 13.3 Å². The summed E-state index contributed by atoms with van der Waals surface area (Å²) in [7, 11) is -3.96. The monoisotopic (exact) mass is 403 g/mol. The minimum Gasteiger partial charge on any atom is -0.518 e. The lowest BCUT2D eigenvalue weighted by Crippen LogP contribution is -2.51. The number of carbonyl (C=O) groups excluding carboxylic acids is 1. The van der Waals surface area contributed by atoms with Crippen LogP contribution in [0.1, 0.15) is 75.7 Å². The van der Waals surface area contributed by atoms with E-state index >= 15 is 0 Å². The number of carbonyl (C=O) groups is 1. The van der Waals surface area contributed by atoms with E-state index in [-0.39, 0.29) is 5.97 Å². The first-order valence-electron chi connectivity index (χ1n) is 10.3. The highest BCUT2D eigenvalue weighted by Gasteiger charge is 2.51. The maximum absolute atomic E-state index is 13.4. The van der Waals surface area contributed by atoms with Crippen LogP contribution in [0, 0.1) is 11.8 Å². The summed E-state index contributed by atoms with van der Waals surface area (Å²) in [5, 5.41) is -0.683. The Morgan fingerprint density at radius 1 is 0.923 bits per heavy atom. The first kappa shape index (κ1) is 25.8. The molecule has 155 valence electrons. The molecule has 0 saturated carbocycles. The van der Waals surface area contributed by atoms with Gasteiger partial charge in [-0.3, -0.25) is 4.79 Å².